The maximum Gasteiger partial charge on any atom is 0.252 e. The van der Waals surface area contributed by atoms with Gasteiger partial charge in [0.15, 0.2) is 9.84 Å². The maximum absolute atomic E-state index is 12.4. The minimum Gasteiger partial charge on any atom is -0.352 e. The molecule has 0 atom stereocenters. The van der Waals surface area contributed by atoms with Gasteiger partial charge in [-0.2, -0.15) is 0 Å². The first-order valence-corrected chi connectivity index (χ1v) is 9.75. The molecule has 2 aromatic rings. The summed E-state index contributed by atoms with van der Waals surface area (Å²) in [6.07, 6.45) is 1.23. The largest absolute Gasteiger partial charge is 0.352 e. The molecule has 0 aromatic heterocycles. The monoisotopic (exact) mass is 345 g/mol. The number of carbonyl (C=O) groups excluding carboxylic acids is 1. The second-order valence-electron chi connectivity index (χ2n) is 5.81. The van der Waals surface area contributed by atoms with Gasteiger partial charge in [0.25, 0.3) is 5.91 Å². The second kappa shape index (κ2) is 8.11. The molecule has 0 radical (unpaired) electrons. The van der Waals surface area contributed by atoms with E-state index in [4.69, 9.17) is 0 Å². The first-order valence-electron chi connectivity index (χ1n) is 8.09. The van der Waals surface area contributed by atoms with Crippen LogP contribution >= 0.6 is 0 Å². The molecule has 128 valence electrons. The van der Waals surface area contributed by atoms with Crippen molar-refractivity contribution in [2.24, 2.45) is 0 Å². The molecule has 0 aliphatic carbocycles. The summed E-state index contributed by atoms with van der Waals surface area (Å²) in [6.45, 7) is 4.30. The van der Waals surface area contributed by atoms with Gasteiger partial charge in [-0.3, -0.25) is 4.79 Å². The lowest BCUT2D eigenvalue weighted by molar-refractivity contribution is 0.0951. The Morgan fingerprint density at radius 1 is 1.08 bits per heavy atom. The minimum absolute atomic E-state index is 0.0422. The fourth-order valence-electron chi connectivity index (χ4n) is 2.59. The molecule has 4 nitrogen and oxygen atoms in total. The molecular formula is C19H23NO3S. The maximum atomic E-state index is 12.4. The lowest BCUT2D eigenvalue weighted by atomic mass is 10.1. The molecule has 0 fully saturated rings. The van der Waals surface area contributed by atoms with Gasteiger partial charge in [0.2, 0.25) is 0 Å². The van der Waals surface area contributed by atoms with E-state index in [1.807, 2.05) is 32.0 Å². The number of aryl methyl sites for hydroxylation is 1. The van der Waals surface area contributed by atoms with E-state index >= 15 is 0 Å². The van der Waals surface area contributed by atoms with Crippen molar-refractivity contribution in [1.29, 1.82) is 0 Å². The third-order valence-electron chi connectivity index (χ3n) is 3.72. The van der Waals surface area contributed by atoms with Crippen LogP contribution in [0.4, 0.5) is 0 Å². The highest BCUT2D eigenvalue weighted by Crippen LogP contribution is 2.17. The van der Waals surface area contributed by atoms with E-state index in [1.165, 1.54) is 11.6 Å². The molecule has 0 aliphatic rings. The zero-order valence-electron chi connectivity index (χ0n) is 14.1. The Morgan fingerprint density at radius 2 is 1.83 bits per heavy atom. The number of benzene rings is 2. The van der Waals surface area contributed by atoms with E-state index in [-0.39, 0.29) is 22.1 Å². The highest BCUT2D eigenvalue weighted by Gasteiger charge is 2.21. The second-order valence-corrected chi connectivity index (χ2v) is 7.89. The average Bonchev–Trinajstić information content (AvgIpc) is 2.55. The number of carbonyl (C=O) groups is 1. The average molecular weight is 345 g/mol. The molecule has 2 rings (SSSR count). The predicted octanol–water partition coefficient (Wildman–Crippen LogP) is 3.15. The Kier molecular flexibility index (Phi) is 6.15. The van der Waals surface area contributed by atoms with E-state index in [0.29, 0.717) is 19.4 Å². The number of rotatable bonds is 7. The van der Waals surface area contributed by atoms with Crippen LogP contribution in [0.3, 0.4) is 0 Å². The third-order valence-corrected chi connectivity index (χ3v) is 5.69. The lowest BCUT2D eigenvalue weighted by Crippen LogP contribution is -2.27. The van der Waals surface area contributed by atoms with Crippen molar-refractivity contribution < 1.29 is 13.2 Å². The predicted molar refractivity (Wildman–Crippen MR) is 96.0 cm³/mol. The quantitative estimate of drug-likeness (QED) is 0.838. The Morgan fingerprint density at radius 3 is 2.54 bits per heavy atom. The first kappa shape index (κ1) is 18.2. The molecular weight excluding hydrogens is 322 g/mol. The Bertz CT molecular complexity index is 813. The van der Waals surface area contributed by atoms with E-state index in [0.717, 1.165) is 5.56 Å². The van der Waals surface area contributed by atoms with Crippen LogP contribution in [-0.4, -0.2) is 26.6 Å². The van der Waals surface area contributed by atoms with Gasteiger partial charge >= 0.3 is 0 Å². The van der Waals surface area contributed by atoms with Crippen LogP contribution in [0.1, 0.15) is 34.8 Å². The van der Waals surface area contributed by atoms with Crippen LogP contribution in [-0.2, 0) is 16.3 Å². The Hall–Kier alpha value is -2.14. The zero-order chi connectivity index (χ0) is 17.6. The molecule has 0 unspecified atom stereocenters. The molecule has 2 aromatic carbocycles. The van der Waals surface area contributed by atoms with E-state index < -0.39 is 9.84 Å². The summed E-state index contributed by atoms with van der Waals surface area (Å²) in [5.74, 6) is -0.307. The van der Waals surface area contributed by atoms with Gasteiger partial charge in [0.05, 0.1) is 16.2 Å². The molecule has 1 N–H and O–H groups in total. The van der Waals surface area contributed by atoms with Gasteiger partial charge in [0, 0.05) is 6.54 Å². The molecule has 0 saturated carbocycles. The van der Waals surface area contributed by atoms with Gasteiger partial charge in [0.1, 0.15) is 0 Å². The van der Waals surface area contributed by atoms with Gasteiger partial charge in [-0.05, 0) is 37.5 Å². The molecule has 5 heteroatoms. The van der Waals surface area contributed by atoms with Crippen molar-refractivity contribution >= 4 is 15.7 Å². The number of hydrogen-bond acceptors (Lipinski definition) is 3. The summed E-state index contributed by atoms with van der Waals surface area (Å²) in [7, 11) is -3.43. The number of sulfone groups is 1. The van der Waals surface area contributed by atoms with Gasteiger partial charge in [-0.25, -0.2) is 8.42 Å². The van der Waals surface area contributed by atoms with Crippen LogP contribution in [0.2, 0.25) is 0 Å². The van der Waals surface area contributed by atoms with Crippen LogP contribution < -0.4 is 5.32 Å². The van der Waals surface area contributed by atoms with Crippen molar-refractivity contribution in [3.05, 3.63) is 65.2 Å². The Balaban J connectivity index is 2.08. The van der Waals surface area contributed by atoms with Crippen molar-refractivity contribution in [1.82, 2.24) is 5.32 Å². The molecule has 0 saturated heterocycles. The smallest absolute Gasteiger partial charge is 0.252 e. The zero-order valence-corrected chi connectivity index (χ0v) is 14.9. The molecule has 24 heavy (non-hydrogen) atoms. The van der Waals surface area contributed by atoms with Crippen LogP contribution in [0.5, 0.6) is 0 Å². The summed E-state index contributed by atoms with van der Waals surface area (Å²) >= 11 is 0. The minimum atomic E-state index is -3.43. The summed E-state index contributed by atoms with van der Waals surface area (Å²) in [5, 5.41) is 2.82. The number of amides is 1. The van der Waals surface area contributed by atoms with Crippen molar-refractivity contribution in [3.8, 4) is 0 Å². The van der Waals surface area contributed by atoms with Crippen LogP contribution in [0.15, 0.2) is 53.4 Å². The summed E-state index contributed by atoms with van der Waals surface area (Å²) in [4.78, 5) is 12.5. The van der Waals surface area contributed by atoms with Crippen molar-refractivity contribution in [2.45, 2.75) is 31.6 Å². The van der Waals surface area contributed by atoms with Crippen molar-refractivity contribution in [2.75, 3.05) is 12.3 Å². The van der Waals surface area contributed by atoms with E-state index in [9.17, 15) is 13.2 Å². The van der Waals surface area contributed by atoms with E-state index in [1.54, 1.807) is 18.2 Å². The lowest BCUT2D eigenvalue weighted by Gasteiger charge is -2.11. The molecule has 0 spiro atoms. The SMILES string of the molecule is CCCS(=O)(=O)c1ccccc1C(=O)NCCc1cccc(C)c1. The van der Waals surface area contributed by atoms with Gasteiger partial charge < -0.3 is 5.32 Å². The third kappa shape index (κ3) is 4.68. The summed E-state index contributed by atoms with van der Waals surface area (Å²) in [5.41, 5.74) is 2.53. The normalized spacial score (nSPS) is 11.2. The fraction of sp³-hybridized carbons (Fsp3) is 0.316. The van der Waals surface area contributed by atoms with E-state index in [2.05, 4.69) is 11.4 Å². The molecule has 0 aliphatic heterocycles. The number of nitrogens with one attached hydrogen (secondary N) is 1. The van der Waals surface area contributed by atoms with Crippen LogP contribution in [0, 0.1) is 6.92 Å². The fourth-order valence-corrected chi connectivity index (χ4v) is 4.13. The summed E-state index contributed by atoms with van der Waals surface area (Å²) < 4.78 is 24.6. The topological polar surface area (TPSA) is 63.2 Å². The van der Waals surface area contributed by atoms with Crippen molar-refractivity contribution in [3.63, 3.8) is 0 Å². The Labute approximate surface area is 143 Å². The van der Waals surface area contributed by atoms with Gasteiger partial charge in [-0.1, -0.05) is 48.9 Å². The van der Waals surface area contributed by atoms with Crippen LogP contribution in [0.25, 0.3) is 0 Å². The summed E-state index contributed by atoms with van der Waals surface area (Å²) in [6, 6.07) is 14.5. The molecule has 0 bridgehead atoms. The molecule has 1 amide bonds. The standard InChI is InChI=1S/C19H23NO3S/c1-3-13-24(22,23)18-10-5-4-9-17(18)19(21)20-12-11-16-8-6-7-15(2)14-16/h4-10,14H,3,11-13H2,1-2H3,(H,20,21). The van der Waals surface area contributed by atoms with Gasteiger partial charge in [-0.15, -0.1) is 0 Å². The molecule has 0 heterocycles. The highest BCUT2D eigenvalue weighted by atomic mass is 32.2. The number of hydrogen-bond donors (Lipinski definition) is 1. The highest BCUT2D eigenvalue weighted by molar-refractivity contribution is 7.91. The first-order chi connectivity index (χ1) is 11.4.